The highest BCUT2D eigenvalue weighted by Gasteiger charge is 2.16. The van der Waals surface area contributed by atoms with Crippen molar-refractivity contribution in [2.75, 3.05) is 7.11 Å². The number of rotatable bonds is 9. The van der Waals surface area contributed by atoms with Crippen molar-refractivity contribution in [2.45, 2.75) is 30.3 Å². The van der Waals surface area contributed by atoms with E-state index in [1.807, 2.05) is 24.3 Å². The summed E-state index contributed by atoms with van der Waals surface area (Å²) in [6, 6.07) is 19.2. The molecule has 182 valence electrons. The second kappa shape index (κ2) is 10.9. The minimum atomic E-state index is -0.473. The molecule has 5 aromatic rings. The van der Waals surface area contributed by atoms with E-state index >= 15 is 0 Å². The van der Waals surface area contributed by atoms with E-state index in [2.05, 4.69) is 48.3 Å². The number of thioether (sulfide) groups is 1. The van der Waals surface area contributed by atoms with Crippen LogP contribution in [-0.2, 0) is 29.9 Å². The first kappa shape index (κ1) is 24.0. The van der Waals surface area contributed by atoms with Gasteiger partial charge in [0, 0.05) is 17.8 Å². The van der Waals surface area contributed by atoms with Crippen molar-refractivity contribution in [1.82, 2.24) is 24.7 Å². The van der Waals surface area contributed by atoms with Crippen molar-refractivity contribution in [2.24, 2.45) is 0 Å². The topological polar surface area (TPSA) is 103 Å². The van der Waals surface area contributed by atoms with Gasteiger partial charge in [-0.1, -0.05) is 48.2 Å². The minimum absolute atomic E-state index is 0.254. The van der Waals surface area contributed by atoms with Crippen molar-refractivity contribution < 1.29 is 9.53 Å². The standard InChI is InChI=1S/C26H23N5O3S2/c1-34-25(33)18-9-10-20-21(14-18)27-22(28-24(20)32)16-36-26-30-29-23(15-19-8-5-13-35-19)31(26)12-11-17-6-3-2-4-7-17/h2-10,13-14H,11-12,15-16H2,1H3,(H,27,28,32). The van der Waals surface area contributed by atoms with Gasteiger partial charge in [0.1, 0.15) is 11.6 Å². The number of benzene rings is 2. The molecule has 0 atom stereocenters. The van der Waals surface area contributed by atoms with Crippen LogP contribution >= 0.6 is 23.1 Å². The van der Waals surface area contributed by atoms with Crippen LogP contribution in [0.25, 0.3) is 10.9 Å². The van der Waals surface area contributed by atoms with Crippen LogP contribution in [0.2, 0.25) is 0 Å². The molecule has 0 spiro atoms. The van der Waals surface area contributed by atoms with Crippen LogP contribution in [-0.4, -0.2) is 37.8 Å². The van der Waals surface area contributed by atoms with Gasteiger partial charge in [-0.15, -0.1) is 21.5 Å². The van der Waals surface area contributed by atoms with Crippen LogP contribution in [0.3, 0.4) is 0 Å². The number of thiophene rings is 1. The van der Waals surface area contributed by atoms with E-state index in [-0.39, 0.29) is 5.56 Å². The lowest BCUT2D eigenvalue weighted by Gasteiger charge is -2.10. The van der Waals surface area contributed by atoms with Gasteiger partial charge in [-0.05, 0) is 41.6 Å². The van der Waals surface area contributed by atoms with E-state index in [0.717, 1.165) is 23.9 Å². The van der Waals surface area contributed by atoms with E-state index in [4.69, 9.17) is 4.74 Å². The fourth-order valence-corrected chi connectivity index (χ4v) is 5.42. The maximum absolute atomic E-state index is 12.6. The summed E-state index contributed by atoms with van der Waals surface area (Å²) in [5.41, 5.74) is 1.78. The van der Waals surface area contributed by atoms with E-state index in [9.17, 15) is 9.59 Å². The predicted molar refractivity (Wildman–Crippen MR) is 141 cm³/mol. The zero-order chi connectivity index (χ0) is 24.9. The fraction of sp³-hybridized carbons (Fsp3) is 0.192. The van der Waals surface area contributed by atoms with Gasteiger partial charge in [-0.2, -0.15) is 0 Å². The Bertz CT molecular complexity index is 1550. The highest BCUT2D eigenvalue weighted by atomic mass is 32.2. The first-order chi connectivity index (χ1) is 17.6. The van der Waals surface area contributed by atoms with Gasteiger partial charge >= 0.3 is 5.97 Å². The van der Waals surface area contributed by atoms with E-state index in [1.54, 1.807) is 29.5 Å². The number of carbonyl (C=O) groups excluding carboxylic acids is 1. The molecule has 0 aliphatic rings. The number of hydrogen-bond acceptors (Lipinski definition) is 8. The summed E-state index contributed by atoms with van der Waals surface area (Å²) in [6.45, 7) is 0.740. The van der Waals surface area contributed by atoms with Crippen LogP contribution in [0.1, 0.15) is 32.4 Å². The highest BCUT2D eigenvalue weighted by molar-refractivity contribution is 7.98. The quantitative estimate of drug-likeness (QED) is 0.227. The number of carbonyl (C=O) groups is 1. The third-order valence-electron chi connectivity index (χ3n) is 5.69. The molecule has 0 amide bonds. The Balaban J connectivity index is 1.39. The molecule has 0 fully saturated rings. The summed E-state index contributed by atoms with van der Waals surface area (Å²) in [6.07, 6.45) is 1.56. The van der Waals surface area contributed by atoms with E-state index in [1.165, 1.54) is 29.3 Å². The smallest absolute Gasteiger partial charge is 0.337 e. The summed E-state index contributed by atoms with van der Waals surface area (Å²) in [5.74, 6) is 1.33. The van der Waals surface area contributed by atoms with Gasteiger partial charge in [-0.3, -0.25) is 4.79 Å². The zero-order valence-electron chi connectivity index (χ0n) is 19.5. The molecule has 3 heterocycles. The van der Waals surface area contributed by atoms with Crippen molar-refractivity contribution in [3.8, 4) is 0 Å². The highest BCUT2D eigenvalue weighted by Crippen LogP contribution is 2.24. The molecule has 0 bridgehead atoms. The number of hydrogen-bond donors (Lipinski definition) is 1. The fourth-order valence-electron chi connectivity index (χ4n) is 3.87. The Morgan fingerprint density at radius 2 is 1.97 bits per heavy atom. The van der Waals surface area contributed by atoms with Crippen LogP contribution in [0, 0.1) is 0 Å². The Kier molecular flexibility index (Phi) is 7.24. The van der Waals surface area contributed by atoms with Crippen molar-refractivity contribution in [1.29, 1.82) is 0 Å². The minimum Gasteiger partial charge on any atom is -0.465 e. The molecular formula is C26H23N5O3S2. The normalized spacial score (nSPS) is 11.1. The largest absolute Gasteiger partial charge is 0.465 e. The molecule has 10 heteroatoms. The number of aromatic nitrogens is 5. The van der Waals surface area contributed by atoms with Gasteiger partial charge in [0.2, 0.25) is 0 Å². The van der Waals surface area contributed by atoms with Gasteiger partial charge in [-0.25, -0.2) is 9.78 Å². The summed E-state index contributed by atoms with van der Waals surface area (Å²) < 4.78 is 6.93. The van der Waals surface area contributed by atoms with Gasteiger partial charge in [0.25, 0.3) is 5.56 Å². The van der Waals surface area contributed by atoms with E-state index in [0.29, 0.717) is 34.5 Å². The first-order valence-corrected chi connectivity index (χ1v) is 13.2. The molecule has 2 aromatic carbocycles. The van der Waals surface area contributed by atoms with Crippen LogP contribution in [0.15, 0.2) is 76.0 Å². The number of aromatic amines is 1. The van der Waals surface area contributed by atoms with Crippen molar-refractivity contribution >= 4 is 40.0 Å². The third kappa shape index (κ3) is 5.39. The van der Waals surface area contributed by atoms with Crippen LogP contribution in [0.5, 0.6) is 0 Å². The maximum atomic E-state index is 12.6. The average molecular weight is 518 g/mol. The first-order valence-electron chi connectivity index (χ1n) is 11.3. The lowest BCUT2D eigenvalue weighted by molar-refractivity contribution is 0.0601. The molecule has 0 radical (unpaired) electrons. The van der Waals surface area contributed by atoms with Gasteiger partial charge in [0.15, 0.2) is 5.16 Å². The summed E-state index contributed by atoms with van der Waals surface area (Å²) in [5, 5.41) is 12.2. The number of esters is 1. The lowest BCUT2D eigenvalue weighted by atomic mass is 10.1. The van der Waals surface area contributed by atoms with Crippen molar-refractivity contribution in [3.05, 3.63) is 104 Å². The number of aryl methyl sites for hydroxylation is 1. The van der Waals surface area contributed by atoms with Gasteiger partial charge in [0.05, 0.1) is 29.3 Å². The molecule has 1 N–H and O–H groups in total. The van der Waals surface area contributed by atoms with E-state index < -0.39 is 5.97 Å². The number of nitrogens with one attached hydrogen (secondary N) is 1. The Morgan fingerprint density at radius 1 is 1.11 bits per heavy atom. The molecule has 0 unspecified atom stereocenters. The monoisotopic (exact) mass is 517 g/mol. The molecule has 8 nitrogen and oxygen atoms in total. The third-order valence-corrected chi connectivity index (χ3v) is 7.54. The Morgan fingerprint density at radius 3 is 2.75 bits per heavy atom. The number of fused-ring (bicyclic) bond motifs is 1. The molecule has 36 heavy (non-hydrogen) atoms. The maximum Gasteiger partial charge on any atom is 0.337 e. The lowest BCUT2D eigenvalue weighted by Crippen LogP contribution is -2.13. The number of methoxy groups -OCH3 is 1. The molecule has 0 aliphatic carbocycles. The second-order valence-corrected chi connectivity index (χ2v) is 10.0. The summed E-state index contributed by atoms with van der Waals surface area (Å²) in [7, 11) is 1.32. The van der Waals surface area contributed by atoms with Crippen LogP contribution in [0.4, 0.5) is 0 Å². The zero-order valence-corrected chi connectivity index (χ0v) is 21.1. The number of H-pyrrole nitrogens is 1. The second-order valence-electron chi connectivity index (χ2n) is 8.07. The SMILES string of the molecule is COC(=O)c1ccc2c(=O)[nH]c(CSc3nnc(Cc4cccs4)n3CCc3ccccc3)nc2c1. The Hall–Kier alpha value is -3.76. The van der Waals surface area contributed by atoms with Crippen LogP contribution < -0.4 is 5.56 Å². The molecular weight excluding hydrogens is 494 g/mol. The summed E-state index contributed by atoms with van der Waals surface area (Å²) >= 11 is 3.17. The van der Waals surface area contributed by atoms with Crippen molar-refractivity contribution in [3.63, 3.8) is 0 Å². The molecule has 0 saturated carbocycles. The Labute approximate surface area is 215 Å². The average Bonchev–Trinajstić information content (AvgIpc) is 3.56. The predicted octanol–water partition coefficient (Wildman–Crippen LogP) is 4.49. The molecule has 0 saturated heterocycles. The molecule has 5 rings (SSSR count). The van der Waals surface area contributed by atoms with Gasteiger partial charge < -0.3 is 14.3 Å². The molecule has 0 aliphatic heterocycles. The number of ether oxygens (including phenoxy) is 1. The molecule has 3 aromatic heterocycles. The number of nitrogens with zero attached hydrogens (tertiary/aromatic N) is 4. The summed E-state index contributed by atoms with van der Waals surface area (Å²) in [4.78, 5) is 33.2.